The molecule has 0 aliphatic carbocycles. The van der Waals surface area contributed by atoms with Gasteiger partial charge >= 0.3 is 0 Å². The summed E-state index contributed by atoms with van der Waals surface area (Å²) in [6.45, 7) is 0.181. The van der Waals surface area contributed by atoms with Crippen molar-refractivity contribution in [1.82, 2.24) is 35.4 Å². The lowest BCUT2D eigenvalue weighted by Gasteiger charge is -2.36. The molecule has 0 saturated carbocycles. The number of amides is 3. The number of halogens is 2. The average molecular weight is 667 g/mol. The highest BCUT2D eigenvalue weighted by atomic mass is 35.5. The van der Waals surface area contributed by atoms with Crippen LogP contribution in [-0.2, 0) is 16.0 Å². The minimum absolute atomic E-state index is 0.00615. The Balaban J connectivity index is 1.38. The van der Waals surface area contributed by atoms with E-state index in [1.807, 2.05) is 30.3 Å². The molecule has 6 rings (SSSR count). The topological polar surface area (TPSA) is 144 Å². The summed E-state index contributed by atoms with van der Waals surface area (Å²) < 4.78 is 21.6. The van der Waals surface area contributed by atoms with Gasteiger partial charge in [0, 0.05) is 36.9 Å². The molecule has 0 saturated heterocycles. The standard InChI is InChI=1S/C34H28ClFN8O4/c1-37-33(46)21-8-6-20(7-9-21)23-4-3-5-25-24(23)16-17-43(32(25)34(47)40-22-10-14-29(48-2)38-18-22)30(45)15-11-26-28(44-19-39-41-42-44)13-12-27(35)31(26)36/h3-15,18-19,32H,16-17H2,1-2H3,(H,37,46)(H,40,47). The maximum atomic E-state index is 15.2. The van der Waals surface area contributed by atoms with Gasteiger partial charge < -0.3 is 20.3 Å². The van der Waals surface area contributed by atoms with Gasteiger partial charge in [-0.25, -0.2) is 9.37 Å². The van der Waals surface area contributed by atoms with E-state index < -0.39 is 23.7 Å². The summed E-state index contributed by atoms with van der Waals surface area (Å²) in [4.78, 5) is 45.7. The quantitative estimate of drug-likeness (QED) is 0.228. The number of ether oxygens (including phenoxy) is 1. The third-order valence-corrected chi connectivity index (χ3v) is 8.24. The van der Waals surface area contributed by atoms with Crippen molar-refractivity contribution >= 4 is 41.1 Å². The first kappa shape index (κ1) is 32.0. The lowest BCUT2D eigenvalue weighted by Crippen LogP contribution is -2.45. The maximum Gasteiger partial charge on any atom is 0.251 e. The van der Waals surface area contributed by atoms with Crippen LogP contribution in [-0.4, -0.2) is 68.5 Å². The van der Waals surface area contributed by atoms with E-state index in [4.69, 9.17) is 16.3 Å². The summed E-state index contributed by atoms with van der Waals surface area (Å²) >= 11 is 6.07. The number of carbonyl (C=O) groups excluding carboxylic acids is 3. The van der Waals surface area contributed by atoms with Crippen LogP contribution in [0.25, 0.3) is 22.9 Å². The summed E-state index contributed by atoms with van der Waals surface area (Å²) in [5.74, 6) is -1.59. The van der Waals surface area contributed by atoms with Gasteiger partial charge in [0.2, 0.25) is 11.8 Å². The van der Waals surface area contributed by atoms with Gasteiger partial charge in [0.15, 0.2) is 5.82 Å². The molecule has 0 bridgehead atoms. The summed E-state index contributed by atoms with van der Waals surface area (Å²) in [5, 5.41) is 16.4. The maximum absolute atomic E-state index is 15.2. The molecule has 242 valence electrons. The van der Waals surface area contributed by atoms with Gasteiger partial charge in [0.25, 0.3) is 11.8 Å². The second kappa shape index (κ2) is 13.8. The Bertz CT molecular complexity index is 2020. The Morgan fingerprint density at radius 1 is 1.06 bits per heavy atom. The van der Waals surface area contributed by atoms with E-state index in [0.29, 0.717) is 29.1 Å². The number of benzene rings is 3. The van der Waals surface area contributed by atoms with Crippen LogP contribution in [0.3, 0.4) is 0 Å². The number of aromatic nitrogens is 5. The summed E-state index contributed by atoms with van der Waals surface area (Å²) in [5.41, 5.74) is 4.41. The van der Waals surface area contributed by atoms with Crippen molar-refractivity contribution in [3.63, 3.8) is 0 Å². The second-order valence-electron chi connectivity index (χ2n) is 10.7. The molecule has 2 N–H and O–H groups in total. The van der Waals surface area contributed by atoms with Gasteiger partial charge in [0.05, 0.1) is 29.7 Å². The van der Waals surface area contributed by atoms with Crippen molar-refractivity contribution in [3.8, 4) is 22.7 Å². The monoisotopic (exact) mass is 666 g/mol. The molecule has 14 heteroatoms. The third kappa shape index (κ3) is 6.35. The first-order chi connectivity index (χ1) is 23.3. The molecule has 1 unspecified atom stereocenters. The van der Waals surface area contributed by atoms with E-state index in [0.717, 1.165) is 16.7 Å². The lowest BCUT2D eigenvalue weighted by molar-refractivity contribution is -0.135. The van der Waals surface area contributed by atoms with E-state index in [1.54, 1.807) is 31.3 Å². The Morgan fingerprint density at radius 3 is 2.56 bits per heavy atom. The minimum atomic E-state index is -1.05. The highest BCUT2D eigenvalue weighted by molar-refractivity contribution is 6.31. The van der Waals surface area contributed by atoms with Crippen molar-refractivity contribution in [1.29, 1.82) is 0 Å². The molecule has 5 aromatic rings. The molecular formula is C34H28ClFN8O4. The molecule has 2 aromatic heterocycles. The highest BCUT2D eigenvalue weighted by Crippen LogP contribution is 2.37. The smallest absolute Gasteiger partial charge is 0.251 e. The van der Waals surface area contributed by atoms with Crippen LogP contribution >= 0.6 is 11.6 Å². The summed E-state index contributed by atoms with van der Waals surface area (Å²) in [7, 11) is 3.05. The molecule has 0 radical (unpaired) electrons. The number of fused-ring (bicyclic) bond motifs is 1. The fraction of sp³-hybridized carbons (Fsp3) is 0.147. The number of anilines is 1. The molecule has 0 spiro atoms. The average Bonchev–Trinajstić information content (AvgIpc) is 3.66. The van der Waals surface area contributed by atoms with Crippen LogP contribution in [0.1, 0.15) is 33.1 Å². The predicted octanol–water partition coefficient (Wildman–Crippen LogP) is 4.66. The summed E-state index contributed by atoms with van der Waals surface area (Å²) in [6, 6.07) is 17.8. The number of tetrazole rings is 1. The zero-order valence-corrected chi connectivity index (χ0v) is 26.5. The molecule has 3 amide bonds. The van der Waals surface area contributed by atoms with Crippen LogP contribution in [0.2, 0.25) is 5.02 Å². The number of nitrogens with one attached hydrogen (secondary N) is 2. The number of rotatable bonds is 8. The number of hydrogen-bond acceptors (Lipinski definition) is 8. The zero-order valence-electron chi connectivity index (χ0n) is 25.7. The van der Waals surface area contributed by atoms with E-state index in [1.165, 1.54) is 53.5 Å². The molecule has 3 aromatic carbocycles. The Hall–Kier alpha value is -5.95. The number of pyridine rings is 1. The second-order valence-corrected chi connectivity index (χ2v) is 11.1. The van der Waals surface area contributed by atoms with E-state index in [9.17, 15) is 14.4 Å². The summed E-state index contributed by atoms with van der Waals surface area (Å²) in [6.07, 6.45) is 5.67. The van der Waals surface area contributed by atoms with Gasteiger partial charge in [-0.05, 0) is 75.5 Å². The number of methoxy groups -OCH3 is 1. The Morgan fingerprint density at radius 2 is 1.88 bits per heavy atom. The Kier molecular flexibility index (Phi) is 9.21. The van der Waals surface area contributed by atoms with E-state index in [2.05, 4.69) is 31.1 Å². The van der Waals surface area contributed by atoms with Crippen molar-refractivity contribution < 1.29 is 23.5 Å². The van der Waals surface area contributed by atoms with Crippen LogP contribution in [0.4, 0.5) is 10.1 Å². The number of carbonyl (C=O) groups is 3. The third-order valence-electron chi connectivity index (χ3n) is 7.95. The number of nitrogens with zero attached hydrogens (tertiary/aromatic N) is 6. The van der Waals surface area contributed by atoms with E-state index >= 15 is 4.39 Å². The van der Waals surface area contributed by atoms with Crippen LogP contribution in [0.5, 0.6) is 5.88 Å². The van der Waals surface area contributed by atoms with Crippen LogP contribution in [0.15, 0.2) is 85.3 Å². The van der Waals surface area contributed by atoms with Crippen LogP contribution < -0.4 is 15.4 Å². The zero-order chi connectivity index (χ0) is 33.8. The van der Waals surface area contributed by atoms with Crippen LogP contribution in [0, 0.1) is 5.82 Å². The van der Waals surface area contributed by atoms with Crippen molar-refractivity contribution in [3.05, 3.63) is 118 Å². The molecule has 3 heterocycles. The first-order valence-corrected chi connectivity index (χ1v) is 15.1. The molecule has 48 heavy (non-hydrogen) atoms. The fourth-order valence-corrected chi connectivity index (χ4v) is 5.79. The van der Waals surface area contributed by atoms with Crippen molar-refractivity contribution in [2.24, 2.45) is 0 Å². The highest BCUT2D eigenvalue weighted by Gasteiger charge is 2.36. The van der Waals surface area contributed by atoms with Gasteiger partial charge in [-0.3, -0.25) is 14.4 Å². The first-order valence-electron chi connectivity index (χ1n) is 14.7. The van der Waals surface area contributed by atoms with Crippen molar-refractivity contribution in [2.75, 3.05) is 26.0 Å². The molecule has 1 aliphatic rings. The molecular weight excluding hydrogens is 639 g/mol. The molecule has 0 fully saturated rings. The normalized spacial score (nSPS) is 14.0. The van der Waals surface area contributed by atoms with Gasteiger partial charge in [0.1, 0.15) is 12.4 Å². The molecule has 1 aliphatic heterocycles. The van der Waals surface area contributed by atoms with E-state index in [-0.39, 0.29) is 28.7 Å². The SMILES string of the molecule is CNC(=O)c1ccc(-c2cccc3c2CCN(C(=O)C=Cc2c(-n4cnnn4)ccc(Cl)c2F)C3C(=O)Nc2ccc(OC)nc2)cc1. The Labute approximate surface area is 279 Å². The fourth-order valence-electron chi connectivity index (χ4n) is 5.63. The number of hydrogen-bond donors (Lipinski definition) is 2. The van der Waals surface area contributed by atoms with Gasteiger partial charge in [-0.2, -0.15) is 4.68 Å². The minimum Gasteiger partial charge on any atom is -0.481 e. The molecule has 12 nitrogen and oxygen atoms in total. The lowest BCUT2D eigenvalue weighted by atomic mass is 9.86. The van der Waals surface area contributed by atoms with Gasteiger partial charge in [-0.15, -0.1) is 5.10 Å². The predicted molar refractivity (Wildman–Crippen MR) is 176 cm³/mol. The molecule has 1 atom stereocenters. The van der Waals surface area contributed by atoms with Crippen molar-refractivity contribution in [2.45, 2.75) is 12.5 Å². The largest absolute Gasteiger partial charge is 0.481 e. The van der Waals surface area contributed by atoms with Gasteiger partial charge in [-0.1, -0.05) is 41.9 Å².